The lowest BCUT2D eigenvalue weighted by Crippen LogP contribution is -2.53. The van der Waals surface area contributed by atoms with Gasteiger partial charge in [-0.3, -0.25) is 0 Å². The van der Waals surface area contributed by atoms with Crippen molar-refractivity contribution in [2.24, 2.45) is 0 Å². The highest BCUT2D eigenvalue weighted by Gasteiger charge is 2.45. The molecule has 1 aromatic rings. The van der Waals surface area contributed by atoms with Crippen LogP contribution in [-0.4, -0.2) is 29.0 Å². The molecule has 0 saturated carbocycles. The summed E-state index contributed by atoms with van der Waals surface area (Å²) in [6.45, 7) is 4.09. The highest BCUT2D eigenvalue weighted by Crippen LogP contribution is 2.38. The molecule has 0 bridgehead atoms. The number of nitrogens with one attached hydrogen (secondary N) is 1. The predicted molar refractivity (Wildman–Crippen MR) is 71.7 cm³/mol. The Kier molecular flexibility index (Phi) is 2.83. The van der Waals surface area contributed by atoms with Gasteiger partial charge in [0.25, 0.3) is 0 Å². The van der Waals surface area contributed by atoms with Gasteiger partial charge in [0.05, 0.1) is 23.9 Å². The molecule has 98 valence electrons. The smallest absolute Gasteiger partial charge is 0.0900 e. The van der Waals surface area contributed by atoms with E-state index in [-0.39, 0.29) is 18.2 Å². The van der Waals surface area contributed by atoms with E-state index in [0.29, 0.717) is 12.8 Å². The average Bonchev–Trinajstić information content (AvgIpc) is 2.71. The molecule has 0 radical (unpaired) electrons. The minimum atomic E-state index is -0.657. The first-order valence-corrected chi connectivity index (χ1v) is 6.79. The minimum absolute atomic E-state index is 0.115. The van der Waals surface area contributed by atoms with Crippen LogP contribution in [0.25, 0.3) is 0 Å². The van der Waals surface area contributed by atoms with E-state index in [1.165, 1.54) is 11.3 Å². The maximum atomic E-state index is 10.9. The van der Waals surface area contributed by atoms with E-state index in [2.05, 4.69) is 23.5 Å². The zero-order valence-corrected chi connectivity index (χ0v) is 11.0. The summed E-state index contributed by atoms with van der Waals surface area (Å²) in [6, 6.07) is 8.43. The Bertz CT molecular complexity index is 411. The summed E-state index contributed by atoms with van der Waals surface area (Å²) in [5.74, 6) is 0. The van der Waals surface area contributed by atoms with Gasteiger partial charge in [-0.2, -0.15) is 0 Å². The molecule has 0 aromatic heterocycles. The second-order valence-electron chi connectivity index (χ2n) is 5.83. The molecule has 0 spiro atoms. The Hall–Kier alpha value is -1.06. The molecule has 1 saturated heterocycles. The number of benzene rings is 1. The molecule has 3 atom stereocenters. The van der Waals surface area contributed by atoms with Crippen LogP contribution in [0.2, 0.25) is 0 Å². The van der Waals surface area contributed by atoms with E-state index in [9.17, 15) is 5.11 Å². The summed E-state index contributed by atoms with van der Waals surface area (Å²) in [5, 5.41) is 14.4. The molecule has 1 fully saturated rings. The number of aliphatic hydroxyl groups is 1. The molecule has 3 unspecified atom stereocenters. The van der Waals surface area contributed by atoms with Crippen molar-refractivity contribution < 1.29 is 9.84 Å². The van der Waals surface area contributed by atoms with Crippen molar-refractivity contribution in [3.63, 3.8) is 0 Å². The fourth-order valence-electron chi connectivity index (χ4n) is 3.48. The number of rotatable bonds is 1. The van der Waals surface area contributed by atoms with Gasteiger partial charge in [0.1, 0.15) is 0 Å². The highest BCUT2D eigenvalue weighted by atomic mass is 16.5. The standard InChI is InChI=1S/C15H21NO2/c1-10-8-15(17,9-11(2)18-10)14-7-12-5-3-4-6-13(12)16-14/h3-6,10-11,14,16-17H,7-9H2,1-2H3. The lowest BCUT2D eigenvalue weighted by molar-refractivity contribution is -0.137. The molecule has 3 nitrogen and oxygen atoms in total. The molecule has 2 aliphatic rings. The normalized spacial score (nSPS) is 39.2. The Morgan fingerprint density at radius 1 is 1.22 bits per heavy atom. The van der Waals surface area contributed by atoms with Crippen LogP contribution < -0.4 is 5.32 Å². The third-order valence-corrected chi connectivity index (χ3v) is 4.17. The van der Waals surface area contributed by atoms with E-state index >= 15 is 0 Å². The molecule has 1 aromatic carbocycles. The van der Waals surface area contributed by atoms with Gasteiger partial charge in [-0.1, -0.05) is 18.2 Å². The summed E-state index contributed by atoms with van der Waals surface area (Å²) in [7, 11) is 0. The quantitative estimate of drug-likeness (QED) is 0.800. The zero-order chi connectivity index (χ0) is 12.8. The Labute approximate surface area is 108 Å². The largest absolute Gasteiger partial charge is 0.388 e. The minimum Gasteiger partial charge on any atom is -0.388 e. The highest BCUT2D eigenvalue weighted by molar-refractivity contribution is 5.57. The van der Waals surface area contributed by atoms with E-state index in [1.807, 2.05) is 19.9 Å². The predicted octanol–water partition coefficient (Wildman–Crippen LogP) is 2.34. The molecule has 2 N–H and O–H groups in total. The van der Waals surface area contributed by atoms with Crippen molar-refractivity contribution in [3.8, 4) is 0 Å². The summed E-state index contributed by atoms with van der Waals surface area (Å²) < 4.78 is 5.73. The molecule has 0 amide bonds. The van der Waals surface area contributed by atoms with Crippen LogP contribution in [0.3, 0.4) is 0 Å². The maximum absolute atomic E-state index is 10.9. The molecule has 2 heterocycles. The maximum Gasteiger partial charge on any atom is 0.0900 e. The first-order valence-electron chi connectivity index (χ1n) is 6.79. The van der Waals surface area contributed by atoms with Gasteiger partial charge in [-0.15, -0.1) is 0 Å². The number of hydrogen-bond donors (Lipinski definition) is 2. The van der Waals surface area contributed by atoms with Gasteiger partial charge in [0.2, 0.25) is 0 Å². The molecular formula is C15H21NO2. The van der Waals surface area contributed by atoms with Gasteiger partial charge in [-0.05, 0) is 31.9 Å². The average molecular weight is 247 g/mol. The SMILES string of the molecule is CC1CC(O)(C2Cc3ccccc3N2)CC(C)O1. The number of ether oxygens (including phenoxy) is 1. The van der Waals surface area contributed by atoms with Crippen molar-refractivity contribution >= 4 is 5.69 Å². The van der Waals surface area contributed by atoms with E-state index in [0.717, 1.165) is 6.42 Å². The number of para-hydroxylation sites is 1. The Balaban J connectivity index is 1.80. The fourth-order valence-corrected chi connectivity index (χ4v) is 3.48. The van der Waals surface area contributed by atoms with E-state index in [4.69, 9.17) is 4.74 Å². The third-order valence-electron chi connectivity index (χ3n) is 4.17. The van der Waals surface area contributed by atoms with Crippen molar-refractivity contribution in [3.05, 3.63) is 29.8 Å². The summed E-state index contributed by atoms with van der Waals surface area (Å²) in [5.41, 5.74) is 1.82. The lowest BCUT2D eigenvalue weighted by atomic mass is 9.80. The summed E-state index contributed by atoms with van der Waals surface area (Å²) >= 11 is 0. The number of hydrogen-bond acceptors (Lipinski definition) is 3. The first-order chi connectivity index (χ1) is 8.57. The van der Waals surface area contributed by atoms with Gasteiger partial charge >= 0.3 is 0 Å². The van der Waals surface area contributed by atoms with Gasteiger partial charge < -0.3 is 15.2 Å². The van der Waals surface area contributed by atoms with Crippen LogP contribution in [0.15, 0.2) is 24.3 Å². The van der Waals surface area contributed by atoms with Crippen LogP contribution in [0.5, 0.6) is 0 Å². The topological polar surface area (TPSA) is 41.5 Å². The first kappa shape index (κ1) is 12.0. The second kappa shape index (κ2) is 4.25. The van der Waals surface area contributed by atoms with Crippen LogP contribution >= 0.6 is 0 Å². The summed E-state index contributed by atoms with van der Waals surface area (Å²) in [6.07, 6.45) is 2.59. The number of anilines is 1. The molecule has 2 aliphatic heterocycles. The monoisotopic (exact) mass is 247 g/mol. The van der Waals surface area contributed by atoms with Crippen molar-refractivity contribution in [1.29, 1.82) is 0 Å². The number of fused-ring (bicyclic) bond motifs is 1. The molecule has 3 rings (SSSR count). The van der Waals surface area contributed by atoms with Gasteiger partial charge in [-0.25, -0.2) is 0 Å². The molecule has 3 heteroatoms. The third kappa shape index (κ3) is 2.02. The summed E-state index contributed by atoms with van der Waals surface area (Å²) in [4.78, 5) is 0. The second-order valence-corrected chi connectivity index (χ2v) is 5.83. The Morgan fingerprint density at radius 2 is 1.89 bits per heavy atom. The molecule has 18 heavy (non-hydrogen) atoms. The Morgan fingerprint density at radius 3 is 2.56 bits per heavy atom. The van der Waals surface area contributed by atoms with Crippen molar-refractivity contribution in [2.75, 3.05) is 5.32 Å². The lowest BCUT2D eigenvalue weighted by Gasteiger charge is -2.43. The van der Waals surface area contributed by atoms with Crippen molar-refractivity contribution in [1.82, 2.24) is 0 Å². The van der Waals surface area contributed by atoms with Crippen LogP contribution in [0.1, 0.15) is 32.3 Å². The molecular weight excluding hydrogens is 226 g/mol. The van der Waals surface area contributed by atoms with E-state index < -0.39 is 5.60 Å². The zero-order valence-electron chi connectivity index (χ0n) is 11.0. The van der Waals surface area contributed by atoms with Gasteiger partial charge in [0, 0.05) is 18.5 Å². The van der Waals surface area contributed by atoms with Crippen LogP contribution in [0.4, 0.5) is 5.69 Å². The molecule has 0 aliphatic carbocycles. The van der Waals surface area contributed by atoms with Crippen LogP contribution in [-0.2, 0) is 11.2 Å². The van der Waals surface area contributed by atoms with Gasteiger partial charge in [0.15, 0.2) is 0 Å². The fraction of sp³-hybridized carbons (Fsp3) is 0.600. The van der Waals surface area contributed by atoms with E-state index in [1.54, 1.807) is 0 Å². The van der Waals surface area contributed by atoms with Crippen LogP contribution in [0, 0.1) is 0 Å². The van der Waals surface area contributed by atoms with Crippen molar-refractivity contribution in [2.45, 2.75) is 57.0 Å².